The maximum absolute atomic E-state index is 11.7. The van der Waals surface area contributed by atoms with Gasteiger partial charge in [0.15, 0.2) is 0 Å². The van der Waals surface area contributed by atoms with E-state index in [1.807, 2.05) is 30.3 Å². The molecule has 1 saturated carbocycles. The first-order valence-electron chi connectivity index (χ1n) is 6.29. The van der Waals surface area contributed by atoms with Gasteiger partial charge in [-0.3, -0.25) is 9.59 Å². The maximum Gasteiger partial charge on any atom is 0.226 e. The highest BCUT2D eigenvalue weighted by molar-refractivity contribution is 5.91. The molecule has 4 heteroatoms. The molecule has 96 valence electrons. The number of benzene rings is 1. The van der Waals surface area contributed by atoms with E-state index >= 15 is 0 Å². The molecule has 18 heavy (non-hydrogen) atoms. The molecule has 4 nitrogen and oxygen atoms in total. The third-order valence-corrected chi connectivity index (χ3v) is 3.03. The molecule has 2 amide bonds. The molecule has 0 atom stereocenters. The Morgan fingerprint density at radius 2 is 1.94 bits per heavy atom. The fourth-order valence-electron chi connectivity index (χ4n) is 1.95. The van der Waals surface area contributed by atoms with Crippen molar-refractivity contribution in [3.05, 3.63) is 30.3 Å². The van der Waals surface area contributed by atoms with E-state index in [1.54, 1.807) is 11.8 Å². The number of amides is 2. The van der Waals surface area contributed by atoms with Gasteiger partial charge in [-0.05, 0) is 25.0 Å². The van der Waals surface area contributed by atoms with Gasteiger partial charge in [-0.2, -0.15) is 0 Å². The van der Waals surface area contributed by atoms with Gasteiger partial charge in [0.1, 0.15) is 0 Å². The van der Waals surface area contributed by atoms with Crippen molar-refractivity contribution < 1.29 is 9.59 Å². The highest BCUT2D eigenvalue weighted by Crippen LogP contribution is 2.26. The Morgan fingerprint density at radius 1 is 1.28 bits per heavy atom. The summed E-state index contributed by atoms with van der Waals surface area (Å²) in [5.41, 5.74) is 0.795. The van der Waals surface area contributed by atoms with Crippen LogP contribution in [0.25, 0.3) is 0 Å². The minimum atomic E-state index is -0.0481. The van der Waals surface area contributed by atoms with Gasteiger partial charge in [-0.1, -0.05) is 18.2 Å². The van der Waals surface area contributed by atoms with Crippen molar-refractivity contribution >= 4 is 17.5 Å². The van der Waals surface area contributed by atoms with Gasteiger partial charge < -0.3 is 10.2 Å². The summed E-state index contributed by atoms with van der Waals surface area (Å²) in [5, 5.41) is 2.82. The zero-order valence-electron chi connectivity index (χ0n) is 10.6. The predicted octanol–water partition coefficient (Wildman–Crippen LogP) is 2.03. The van der Waals surface area contributed by atoms with Gasteiger partial charge in [-0.15, -0.1) is 0 Å². The van der Waals surface area contributed by atoms with Gasteiger partial charge in [-0.25, -0.2) is 0 Å². The van der Waals surface area contributed by atoms with E-state index in [0.29, 0.717) is 19.0 Å². The summed E-state index contributed by atoms with van der Waals surface area (Å²) in [4.78, 5) is 24.9. The minimum absolute atomic E-state index is 0.0481. The number of para-hydroxylation sites is 1. The van der Waals surface area contributed by atoms with Crippen LogP contribution in [0.2, 0.25) is 0 Å². The molecular formula is C14H18N2O2. The fourth-order valence-corrected chi connectivity index (χ4v) is 1.95. The van der Waals surface area contributed by atoms with E-state index in [-0.39, 0.29) is 11.8 Å². The normalized spacial score (nSPS) is 14.1. The van der Waals surface area contributed by atoms with E-state index in [0.717, 1.165) is 18.5 Å². The summed E-state index contributed by atoms with van der Waals surface area (Å²) in [6, 6.07) is 9.72. The highest BCUT2D eigenvalue weighted by atomic mass is 16.2. The lowest BCUT2D eigenvalue weighted by molar-refractivity contribution is -0.129. The zero-order valence-corrected chi connectivity index (χ0v) is 10.6. The van der Waals surface area contributed by atoms with E-state index < -0.39 is 0 Å². The van der Waals surface area contributed by atoms with Crippen LogP contribution in [0.3, 0.4) is 0 Å². The Kier molecular flexibility index (Phi) is 3.97. The average molecular weight is 246 g/mol. The first-order valence-corrected chi connectivity index (χ1v) is 6.29. The highest BCUT2D eigenvalue weighted by Gasteiger charge is 2.30. The molecule has 0 unspecified atom stereocenters. The number of anilines is 1. The molecule has 0 bridgehead atoms. The molecule has 1 aromatic carbocycles. The first-order chi connectivity index (χ1) is 8.66. The molecule has 1 N–H and O–H groups in total. The summed E-state index contributed by atoms with van der Waals surface area (Å²) in [6.45, 7) is 2.08. The van der Waals surface area contributed by atoms with Gasteiger partial charge in [0.2, 0.25) is 11.8 Å². The molecule has 0 spiro atoms. The number of nitrogens with zero attached hydrogens (tertiary/aromatic N) is 1. The molecule has 0 aromatic heterocycles. The predicted molar refractivity (Wildman–Crippen MR) is 70.1 cm³/mol. The third kappa shape index (κ3) is 3.58. The van der Waals surface area contributed by atoms with E-state index in [1.165, 1.54) is 0 Å². The smallest absolute Gasteiger partial charge is 0.226 e. The molecule has 0 saturated heterocycles. The van der Waals surface area contributed by atoms with Crippen molar-refractivity contribution in [2.45, 2.75) is 32.2 Å². The van der Waals surface area contributed by atoms with Crippen molar-refractivity contribution in [2.75, 3.05) is 11.9 Å². The zero-order chi connectivity index (χ0) is 13.0. The molecule has 1 fully saturated rings. The lowest BCUT2D eigenvalue weighted by Gasteiger charge is -2.20. The molecule has 1 aliphatic carbocycles. The third-order valence-electron chi connectivity index (χ3n) is 3.03. The van der Waals surface area contributed by atoms with Crippen LogP contribution in [-0.2, 0) is 9.59 Å². The van der Waals surface area contributed by atoms with Crippen LogP contribution < -0.4 is 5.32 Å². The molecule has 1 aromatic rings. The van der Waals surface area contributed by atoms with Gasteiger partial charge in [0.25, 0.3) is 0 Å². The monoisotopic (exact) mass is 246 g/mol. The Bertz CT molecular complexity index is 427. The number of rotatable bonds is 5. The van der Waals surface area contributed by atoms with Crippen molar-refractivity contribution in [3.8, 4) is 0 Å². The second-order valence-electron chi connectivity index (χ2n) is 4.61. The Morgan fingerprint density at radius 3 is 2.50 bits per heavy atom. The summed E-state index contributed by atoms with van der Waals surface area (Å²) < 4.78 is 0. The number of carbonyl (C=O) groups is 2. The largest absolute Gasteiger partial charge is 0.339 e. The number of nitrogens with one attached hydrogen (secondary N) is 1. The quantitative estimate of drug-likeness (QED) is 0.864. The van der Waals surface area contributed by atoms with E-state index in [9.17, 15) is 9.59 Å². The summed E-state index contributed by atoms with van der Waals surface area (Å²) in [6.07, 6.45) is 2.49. The molecule has 0 aliphatic heterocycles. The molecular weight excluding hydrogens is 228 g/mol. The lowest BCUT2D eigenvalue weighted by atomic mass is 10.3. The fraction of sp³-hybridized carbons (Fsp3) is 0.429. The second kappa shape index (κ2) is 5.67. The number of hydrogen-bond acceptors (Lipinski definition) is 2. The number of carbonyl (C=O) groups excluding carboxylic acids is 2. The van der Waals surface area contributed by atoms with Crippen LogP contribution in [-0.4, -0.2) is 29.3 Å². The molecule has 1 aliphatic rings. The summed E-state index contributed by atoms with van der Waals surface area (Å²) in [7, 11) is 0. The molecule has 0 radical (unpaired) electrons. The van der Waals surface area contributed by atoms with Crippen molar-refractivity contribution in [2.24, 2.45) is 0 Å². The van der Waals surface area contributed by atoms with Crippen molar-refractivity contribution in [3.63, 3.8) is 0 Å². The average Bonchev–Trinajstić information content (AvgIpc) is 3.14. The topological polar surface area (TPSA) is 49.4 Å². The molecule has 0 heterocycles. The van der Waals surface area contributed by atoms with Crippen LogP contribution in [0.5, 0.6) is 0 Å². The van der Waals surface area contributed by atoms with E-state index in [4.69, 9.17) is 0 Å². The Hall–Kier alpha value is -1.84. The van der Waals surface area contributed by atoms with Gasteiger partial charge in [0.05, 0.1) is 0 Å². The minimum Gasteiger partial charge on any atom is -0.339 e. The number of hydrogen-bond donors (Lipinski definition) is 1. The van der Waals surface area contributed by atoms with Crippen LogP contribution in [0, 0.1) is 0 Å². The van der Waals surface area contributed by atoms with Crippen LogP contribution in [0.15, 0.2) is 30.3 Å². The van der Waals surface area contributed by atoms with Crippen molar-refractivity contribution in [1.82, 2.24) is 4.90 Å². The van der Waals surface area contributed by atoms with Crippen LogP contribution in [0.4, 0.5) is 5.69 Å². The van der Waals surface area contributed by atoms with E-state index in [2.05, 4.69) is 5.32 Å². The second-order valence-corrected chi connectivity index (χ2v) is 4.61. The Labute approximate surface area is 107 Å². The van der Waals surface area contributed by atoms with Gasteiger partial charge in [0, 0.05) is 31.6 Å². The standard InChI is InChI=1S/C14H18N2O2/c1-11(17)16(13-7-8-13)10-9-14(18)15-12-5-3-2-4-6-12/h2-6,13H,7-10H2,1H3,(H,15,18). The molecule has 2 rings (SSSR count). The summed E-state index contributed by atoms with van der Waals surface area (Å²) in [5.74, 6) is 0.0121. The SMILES string of the molecule is CC(=O)N(CCC(=O)Nc1ccccc1)C1CC1. The van der Waals surface area contributed by atoms with Crippen LogP contribution >= 0.6 is 0 Å². The van der Waals surface area contributed by atoms with Crippen LogP contribution in [0.1, 0.15) is 26.2 Å². The van der Waals surface area contributed by atoms with Crippen molar-refractivity contribution in [1.29, 1.82) is 0 Å². The first kappa shape index (κ1) is 12.6. The maximum atomic E-state index is 11.7. The summed E-state index contributed by atoms with van der Waals surface area (Å²) >= 11 is 0. The lowest BCUT2D eigenvalue weighted by Crippen LogP contribution is -2.33. The Balaban J connectivity index is 1.79. The van der Waals surface area contributed by atoms with Gasteiger partial charge >= 0.3 is 0 Å².